The van der Waals surface area contributed by atoms with Crippen molar-refractivity contribution in [2.24, 2.45) is 0 Å². The Bertz CT molecular complexity index is 540. The van der Waals surface area contributed by atoms with Crippen molar-refractivity contribution in [2.75, 3.05) is 5.88 Å². The Morgan fingerprint density at radius 3 is 2.10 bits per heavy atom. The molecule has 0 aliphatic heterocycles. The molecular weight excluding hydrogens is 278 g/mol. The molecule has 1 unspecified atom stereocenters. The molecule has 1 nitrogen and oxygen atoms in total. The molecule has 2 aromatic carbocycles. The lowest BCUT2D eigenvalue weighted by Gasteiger charge is -2.20. The van der Waals surface area contributed by atoms with Crippen LogP contribution in [0.4, 0.5) is 0 Å². The molecule has 0 aliphatic carbocycles. The summed E-state index contributed by atoms with van der Waals surface area (Å²) in [6.45, 7) is 7.54. The number of hydrogen-bond acceptors (Lipinski definition) is 1. The quantitative estimate of drug-likeness (QED) is 0.762. The van der Waals surface area contributed by atoms with Gasteiger partial charge in [-0.05, 0) is 22.1 Å². The van der Waals surface area contributed by atoms with E-state index < -0.39 is 0 Å². The molecule has 0 fully saturated rings. The van der Waals surface area contributed by atoms with Gasteiger partial charge in [-0.25, -0.2) is 0 Å². The zero-order chi connectivity index (χ0) is 15.3. The van der Waals surface area contributed by atoms with Crippen LogP contribution in [-0.2, 0) is 12.0 Å². The molecule has 0 heterocycles. The van der Waals surface area contributed by atoms with Crippen LogP contribution >= 0.6 is 11.6 Å². The highest BCUT2D eigenvalue weighted by Gasteiger charge is 2.13. The summed E-state index contributed by atoms with van der Waals surface area (Å²) in [5.41, 5.74) is 4.09. The molecule has 0 saturated heterocycles. The Morgan fingerprint density at radius 2 is 1.57 bits per heavy atom. The molecular formula is C19H24ClN. The van der Waals surface area contributed by atoms with Crippen LogP contribution in [-0.4, -0.2) is 5.88 Å². The second-order valence-electron chi connectivity index (χ2n) is 6.45. The van der Waals surface area contributed by atoms with E-state index in [-0.39, 0.29) is 11.5 Å². The molecule has 0 spiro atoms. The topological polar surface area (TPSA) is 12.0 Å². The van der Waals surface area contributed by atoms with Gasteiger partial charge in [-0.3, -0.25) is 0 Å². The van der Waals surface area contributed by atoms with Gasteiger partial charge in [0.2, 0.25) is 0 Å². The maximum absolute atomic E-state index is 6.09. The summed E-state index contributed by atoms with van der Waals surface area (Å²) in [5, 5.41) is 3.53. The summed E-state index contributed by atoms with van der Waals surface area (Å²) in [7, 11) is 0. The highest BCUT2D eigenvalue weighted by Crippen LogP contribution is 2.22. The maximum Gasteiger partial charge on any atom is 0.0460 e. The fraction of sp³-hybridized carbons (Fsp3) is 0.368. The van der Waals surface area contributed by atoms with E-state index in [0.717, 1.165) is 6.54 Å². The Kier molecular flexibility index (Phi) is 5.44. The highest BCUT2D eigenvalue weighted by molar-refractivity contribution is 6.18. The number of benzene rings is 2. The van der Waals surface area contributed by atoms with Crippen molar-refractivity contribution in [3.63, 3.8) is 0 Å². The maximum atomic E-state index is 6.09. The van der Waals surface area contributed by atoms with Gasteiger partial charge in [0.15, 0.2) is 0 Å². The van der Waals surface area contributed by atoms with E-state index >= 15 is 0 Å². The van der Waals surface area contributed by atoms with Gasteiger partial charge in [0.05, 0.1) is 0 Å². The largest absolute Gasteiger partial charge is 0.305 e. The average Bonchev–Trinajstić information content (AvgIpc) is 2.48. The summed E-state index contributed by atoms with van der Waals surface area (Å²) in [5.74, 6) is 0.574. The molecule has 0 aliphatic rings. The van der Waals surface area contributed by atoms with Gasteiger partial charge < -0.3 is 5.32 Å². The van der Waals surface area contributed by atoms with Crippen LogP contribution in [0.15, 0.2) is 54.6 Å². The number of hydrogen-bond donors (Lipinski definition) is 1. The van der Waals surface area contributed by atoms with Gasteiger partial charge in [0.1, 0.15) is 0 Å². The van der Waals surface area contributed by atoms with Crippen LogP contribution in [0, 0.1) is 0 Å². The summed E-state index contributed by atoms with van der Waals surface area (Å²) < 4.78 is 0. The Balaban J connectivity index is 1.99. The molecule has 2 rings (SSSR count). The van der Waals surface area contributed by atoms with Crippen LogP contribution in [0.5, 0.6) is 0 Å². The van der Waals surface area contributed by atoms with E-state index in [9.17, 15) is 0 Å². The van der Waals surface area contributed by atoms with E-state index in [1.54, 1.807) is 0 Å². The van der Waals surface area contributed by atoms with Crippen LogP contribution < -0.4 is 5.32 Å². The standard InChI is InChI=1S/C19H24ClN/c1-19(2,3)17-11-9-15(10-12-17)14-21-18(13-20)16-7-5-4-6-8-16/h4-12,18,21H,13-14H2,1-3H3. The fourth-order valence-electron chi connectivity index (χ4n) is 2.31. The predicted molar refractivity (Wildman–Crippen MR) is 91.9 cm³/mol. The molecule has 0 amide bonds. The minimum Gasteiger partial charge on any atom is -0.305 e. The molecule has 0 aromatic heterocycles. The van der Waals surface area contributed by atoms with Crippen molar-refractivity contribution in [2.45, 2.75) is 38.8 Å². The van der Waals surface area contributed by atoms with E-state index in [0.29, 0.717) is 5.88 Å². The van der Waals surface area contributed by atoms with Crippen LogP contribution in [0.1, 0.15) is 43.5 Å². The summed E-state index contributed by atoms with van der Waals surface area (Å²) in [4.78, 5) is 0. The van der Waals surface area contributed by atoms with Gasteiger partial charge in [-0.2, -0.15) is 0 Å². The van der Waals surface area contributed by atoms with Crippen molar-refractivity contribution >= 4 is 11.6 Å². The lowest BCUT2D eigenvalue weighted by Crippen LogP contribution is -2.22. The number of rotatable bonds is 5. The molecule has 2 aromatic rings. The van der Waals surface area contributed by atoms with E-state index in [1.165, 1.54) is 16.7 Å². The zero-order valence-electron chi connectivity index (χ0n) is 13.1. The second-order valence-corrected chi connectivity index (χ2v) is 6.75. The minimum absolute atomic E-state index is 0.190. The highest BCUT2D eigenvalue weighted by atomic mass is 35.5. The van der Waals surface area contributed by atoms with Gasteiger partial charge in [0.25, 0.3) is 0 Å². The van der Waals surface area contributed by atoms with E-state index in [1.807, 2.05) is 6.07 Å². The van der Waals surface area contributed by atoms with Crippen molar-refractivity contribution in [3.05, 3.63) is 71.3 Å². The Hall–Kier alpha value is -1.31. The number of halogens is 1. The molecule has 21 heavy (non-hydrogen) atoms. The van der Waals surface area contributed by atoms with Gasteiger partial charge in [-0.15, -0.1) is 11.6 Å². The SMILES string of the molecule is CC(C)(C)c1ccc(CNC(CCl)c2ccccc2)cc1. The average molecular weight is 302 g/mol. The molecule has 1 N–H and O–H groups in total. The van der Waals surface area contributed by atoms with Crippen molar-refractivity contribution in [3.8, 4) is 0 Å². The first-order valence-corrected chi connectivity index (χ1v) is 7.98. The molecule has 0 bridgehead atoms. The number of alkyl halides is 1. The van der Waals surface area contributed by atoms with Gasteiger partial charge >= 0.3 is 0 Å². The number of nitrogens with one attached hydrogen (secondary N) is 1. The smallest absolute Gasteiger partial charge is 0.0460 e. The molecule has 1 atom stereocenters. The Labute approximate surface area is 133 Å². The minimum atomic E-state index is 0.190. The van der Waals surface area contributed by atoms with E-state index in [4.69, 9.17) is 11.6 Å². The van der Waals surface area contributed by atoms with Crippen molar-refractivity contribution in [1.82, 2.24) is 5.32 Å². The third kappa shape index (κ3) is 4.59. The molecule has 0 saturated carbocycles. The predicted octanol–water partition coefficient (Wildman–Crippen LogP) is 5.05. The van der Waals surface area contributed by atoms with Crippen molar-refractivity contribution < 1.29 is 0 Å². The van der Waals surface area contributed by atoms with E-state index in [2.05, 4.69) is 74.6 Å². The van der Waals surface area contributed by atoms with Crippen molar-refractivity contribution in [1.29, 1.82) is 0 Å². The third-order valence-electron chi connectivity index (χ3n) is 3.73. The summed E-state index contributed by atoms with van der Waals surface area (Å²) in [6.07, 6.45) is 0. The third-order valence-corrected chi connectivity index (χ3v) is 4.04. The van der Waals surface area contributed by atoms with Crippen LogP contribution in [0.3, 0.4) is 0 Å². The van der Waals surface area contributed by atoms with Gasteiger partial charge in [-0.1, -0.05) is 75.4 Å². The van der Waals surface area contributed by atoms with Crippen LogP contribution in [0.2, 0.25) is 0 Å². The lowest BCUT2D eigenvalue weighted by atomic mass is 9.87. The summed E-state index contributed by atoms with van der Waals surface area (Å²) >= 11 is 6.09. The first-order chi connectivity index (χ1) is 10.0. The first kappa shape index (κ1) is 16.1. The van der Waals surface area contributed by atoms with Gasteiger partial charge in [0, 0.05) is 18.5 Å². The molecule has 0 radical (unpaired) electrons. The monoisotopic (exact) mass is 301 g/mol. The second kappa shape index (κ2) is 7.11. The molecule has 112 valence electrons. The zero-order valence-corrected chi connectivity index (χ0v) is 13.8. The van der Waals surface area contributed by atoms with Crippen LogP contribution in [0.25, 0.3) is 0 Å². The lowest BCUT2D eigenvalue weighted by molar-refractivity contribution is 0.575. The normalized spacial score (nSPS) is 13.1. The molecule has 2 heteroatoms. The Morgan fingerprint density at radius 1 is 0.952 bits per heavy atom. The first-order valence-electron chi connectivity index (χ1n) is 7.44. The summed E-state index contributed by atoms with van der Waals surface area (Å²) in [6, 6.07) is 19.4. The fourth-order valence-corrected chi connectivity index (χ4v) is 2.60.